The second kappa shape index (κ2) is 9.97. The van der Waals surface area contributed by atoms with Crippen molar-refractivity contribution in [2.45, 2.75) is 25.8 Å². The van der Waals surface area contributed by atoms with Crippen molar-refractivity contribution >= 4 is 27.7 Å². The molecule has 0 fully saturated rings. The van der Waals surface area contributed by atoms with E-state index in [-0.39, 0.29) is 24.3 Å². The molecule has 2 N–H and O–H groups in total. The van der Waals surface area contributed by atoms with E-state index in [0.717, 1.165) is 27.8 Å². The van der Waals surface area contributed by atoms with E-state index in [4.69, 9.17) is 4.74 Å². The van der Waals surface area contributed by atoms with Crippen LogP contribution in [0.4, 0.5) is 0 Å². The summed E-state index contributed by atoms with van der Waals surface area (Å²) >= 11 is 3.50. The first-order valence-corrected chi connectivity index (χ1v) is 9.20. The number of halogens is 1. The maximum atomic E-state index is 12.3. The van der Waals surface area contributed by atoms with E-state index in [1.807, 2.05) is 48.5 Å². The molecule has 2 aromatic rings. The van der Waals surface area contributed by atoms with Crippen LogP contribution in [0.15, 0.2) is 53.0 Å². The van der Waals surface area contributed by atoms with E-state index in [0.29, 0.717) is 6.54 Å². The highest BCUT2D eigenvalue weighted by Gasteiger charge is 2.17. The van der Waals surface area contributed by atoms with Crippen LogP contribution >= 0.6 is 15.9 Å². The molecular weight excluding hydrogens is 396 g/mol. The zero-order valence-electron chi connectivity index (χ0n) is 14.9. The Morgan fingerprint density at radius 1 is 1.12 bits per heavy atom. The lowest BCUT2D eigenvalue weighted by molar-refractivity contribution is -0.122. The fourth-order valence-corrected chi connectivity index (χ4v) is 3.11. The summed E-state index contributed by atoms with van der Waals surface area (Å²) in [6.45, 7) is 1.98. The number of methoxy groups -OCH3 is 1. The van der Waals surface area contributed by atoms with Crippen LogP contribution in [0, 0.1) is 0 Å². The van der Waals surface area contributed by atoms with E-state index >= 15 is 0 Å². The number of amides is 2. The Balaban J connectivity index is 1.93. The van der Waals surface area contributed by atoms with E-state index in [2.05, 4.69) is 26.6 Å². The Morgan fingerprint density at radius 2 is 1.81 bits per heavy atom. The van der Waals surface area contributed by atoms with Gasteiger partial charge < -0.3 is 15.4 Å². The molecule has 0 aliphatic rings. The highest BCUT2D eigenvalue weighted by Crippen LogP contribution is 2.20. The van der Waals surface area contributed by atoms with Crippen LogP contribution in [0.25, 0.3) is 0 Å². The summed E-state index contributed by atoms with van der Waals surface area (Å²) in [5, 5.41) is 5.75. The van der Waals surface area contributed by atoms with Crippen LogP contribution in [-0.4, -0.2) is 25.5 Å². The van der Waals surface area contributed by atoms with Crippen molar-refractivity contribution in [3.63, 3.8) is 0 Å². The summed E-state index contributed by atoms with van der Waals surface area (Å²) < 4.78 is 6.18. The van der Waals surface area contributed by atoms with Crippen molar-refractivity contribution in [3.8, 4) is 5.75 Å². The summed E-state index contributed by atoms with van der Waals surface area (Å²) in [7, 11) is 1.60. The molecule has 2 rings (SSSR count). The van der Waals surface area contributed by atoms with Crippen molar-refractivity contribution in [1.82, 2.24) is 10.6 Å². The summed E-state index contributed by atoms with van der Waals surface area (Å²) in [5.74, 6) is 0.451. The van der Waals surface area contributed by atoms with E-state index in [1.165, 1.54) is 6.92 Å². The van der Waals surface area contributed by atoms with Crippen LogP contribution < -0.4 is 15.4 Å². The summed E-state index contributed by atoms with van der Waals surface area (Å²) in [6, 6.07) is 14.9. The number of benzene rings is 2. The van der Waals surface area contributed by atoms with Crippen LogP contribution in [0.1, 0.15) is 30.5 Å². The molecule has 0 radical (unpaired) electrons. The van der Waals surface area contributed by atoms with Gasteiger partial charge in [-0.1, -0.05) is 46.3 Å². The Bertz CT molecular complexity index is 747. The molecule has 0 saturated heterocycles. The number of hydrogen-bond acceptors (Lipinski definition) is 3. The fraction of sp³-hybridized carbons (Fsp3) is 0.300. The quantitative estimate of drug-likeness (QED) is 0.690. The molecule has 0 bridgehead atoms. The van der Waals surface area contributed by atoms with Crippen molar-refractivity contribution in [1.29, 1.82) is 0 Å². The number of hydrogen-bond donors (Lipinski definition) is 2. The SMILES string of the molecule is COc1ccc(C(CC(=O)NCCc2ccccc2Br)NC(C)=O)cc1. The molecule has 2 amide bonds. The standard InChI is InChI=1S/C20H23BrN2O3/c1-14(24)23-19(16-7-9-17(26-2)10-8-16)13-20(25)22-12-11-15-5-3-4-6-18(15)21/h3-10,19H,11-13H2,1-2H3,(H,22,25)(H,23,24). The predicted octanol–water partition coefficient (Wildman–Crippen LogP) is 3.38. The van der Waals surface area contributed by atoms with Gasteiger partial charge in [-0.15, -0.1) is 0 Å². The average molecular weight is 419 g/mol. The lowest BCUT2D eigenvalue weighted by atomic mass is 10.0. The molecule has 0 spiro atoms. The van der Waals surface area contributed by atoms with Gasteiger partial charge in [0.05, 0.1) is 19.6 Å². The molecule has 0 aliphatic heterocycles. The number of nitrogens with one attached hydrogen (secondary N) is 2. The zero-order chi connectivity index (χ0) is 18.9. The largest absolute Gasteiger partial charge is 0.497 e. The van der Waals surface area contributed by atoms with Gasteiger partial charge in [-0.2, -0.15) is 0 Å². The summed E-state index contributed by atoms with van der Waals surface area (Å²) in [5.41, 5.74) is 2.00. The van der Waals surface area contributed by atoms with Gasteiger partial charge in [-0.3, -0.25) is 9.59 Å². The average Bonchev–Trinajstić information content (AvgIpc) is 2.62. The monoisotopic (exact) mass is 418 g/mol. The Labute approximate surface area is 162 Å². The van der Waals surface area contributed by atoms with Gasteiger partial charge in [-0.05, 0) is 35.7 Å². The highest BCUT2D eigenvalue weighted by molar-refractivity contribution is 9.10. The molecule has 1 atom stereocenters. The maximum absolute atomic E-state index is 12.3. The first-order chi connectivity index (χ1) is 12.5. The molecule has 0 aliphatic carbocycles. The molecule has 0 heterocycles. The molecule has 26 heavy (non-hydrogen) atoms. The lowest BCUT2D eigenvalue weighted by Crippen LogP contribution is -2.33. The fourth-order valence-electron chi connectivity index (χ4n) is 2.63. The van der Waals surface area contributed by atoms with Gasteiger partial charge in [0.2, 0.25) is 11.8 Å². The second-order valence-electron chi connectivity index (χ2n) is 5.92. The van der Waals surface area contributed by atoms with Gasteiger partial charge in [0.1, 0.15) is 5.75 Å². The molecule has 6 heteroatoms. The Hall–Kier alpha value is -2.34. The van der Waals surface area contributed by atoms with Crippen LogP contribution in [0.5, 0.6) is 5.75 Å². The molecule has 2 aromatic carbocycles. The van der Waals surface area contributed by atoms with Crippen molar-refractivity contribution in [2.24, 2.45) is 0 Å². The summed E-state index contributed by atoms with van der Waals surface area (Å²) in [4.78, 5) is 23.8. The normalized spacial score (nSPS) is 11.5. The first-order valence-electron chi connectivity index (χ1n) is 8.40. The minimum absolute atomic E-state index is 0.105. The number of carbonyl (C=O) groups excluding carboxylic acids is 2. The molecule has 5 nitrogen and oxygen atoms in total. The third kappa shape index (κ3) is 6.19. The molecular formula is C20H23BrN2O3. The number of carbonyl (C=O) groups is 2. The minimum atomic E-state index is -0.373. The van der Waals surface area contributed by atoms with Crippen LogP contribution in [0.2, 0.25) is 0 Å². The van der Waals surface area contributed by atoms with Gasteiger partial charge in [-0.25, -0.2) is 0 Å². The lowest BCUT2D eigenvalue weighted by Gasteiger charge is -2.18. The van der Waals surface area contributed by atoms with E-state index < -0.39 is 0 Å². The minimum Gasteiger partial charge on any atom is -0.497 e. The summed E-state index contributed by atoms with van der Waals surface area (Å²) in [6.07, 6.45) is 0.919. The topological polar surface area (TPSA) is 67.4 Å². The van der Waals surface area contributed by atoms with Gasteiger partial charge in [0.15, 0.2) is 0 Å². The molecule has 1 unspecified atom stereocenters. The molecule has 0 saturated carbocycles. The van der Waals surface area contributed by atoms with Crippen molar-refractivity contribution in [2.75, 3.05) is 13.7 Å². The van der Waals surface area contributed by atoms with Gasteiger partial charge >= 0.3 is 0 Å². The third-order valence-electron chi connectivity index (χ3n) is 3.96. The number of ether oxygens (including phenoxy) is 1. The first kappa shape index (κ1) is 20.0. The maximum Gasteiger partial charge on any atom is 0.222 e. The van der Waals surface area contributed by atoms with Gasteiger partial charge in [0, 0.05) is 17.9 Å². The predicted molar refractivity (Wildman–Crippen MR) is 105 cm³/mol. The molecule has 0 aromatic heterocycles. The van der Waals surface area contributed by atoms with Crippen molar-refractivity contribution in [3.05, 3.63) is 64.1 Å². The number of rotatable bonds is 8. The smallest absolute Gasteiger partial charge is 0.222 e. The highest BCUT2D eigenvalue weighted by atomic mass is 79.9. The second-order valence-corrected chi connectivity index (χ2v) is 6.78. The van der Waals surface area contributed by atoms with Crippen molar-refractivity contribution < 1.29 is 14.3 Å². The Morgan fingerprint density at radius 3 is 2.42 bits per heavy atom. The molecule has 138 valence electrons. The van der Waals surface area contributed by atoms with Crippen LogP contribution in [0.3, 0.4) is 0 Å². The Kier molecular flexibility index (Phi) is 7.66. The van der Waals surface area contributed by atoms with Gasteiger partial charge in [0.25, 0.3) is 0 Å². The van der Waals surface area contributed by atoms with Crippen LogP contribution in [-0.2, 0) is 16.0 Å². The third-order valence-corrected chi connectivity index (χ3v) is 4.73. The van der Waals surface area contributed by atoms with E-state index in [9.17, 15) is 9.59 Å². The van der Waals surface area contributed by atoms with E-state index in [1.54, 1.807) is 7.11 Å². The zero-order valence-corrected chi connectivity index (χ0v) is 16.5.